The predicted octanol–water partition coefficient (Wildman–Crippen LogP) is 5.13. The van der Waals surface area contributed by atoms with E-state index in [2.05, 4.69) is 14.8 Å². The monoisotopic (exact) mass is 499 g/mol. The van der Waals surface area contributed by atoms with E-state index in [0.29, 0.717) is 0 Å². The molecule has 2 aromatic rings. The van der Waals surface area contributed by atoms with Crippen molar-refractivity contribution in [2.24, 2.45) is 7.05 Å². The van der Waals surface area contributed by atoms with Gasteiger partial charge in [0.15, 0.2) is 17.1 Å². The molecule has 7 nitrogen and oxygen atoms in total. The van der Waals surface area contributed by atoms with Gasteiger partial charge in [0, 0.05) is 12.3 Å². The van der Waals surface area contributed by atoms with Crippen molar-refractivity contribution in [3.05, 3.63) is 27.6 Å². The van der Waals surface area contributed by atoms with Crippen molar-refractivity contribution in [1.82, 2.24) is 14.8 Å². The van der Waals surface area contributed by atoms with E-state index in [-0.39, 0.29) is 16.0 Å². The van der Waals surface area contributed by atoms with Gasteiger partial charge in [0.05, 0.1) is 5.02 Å². The highest BCUT2D eigenvalue weighted by Gasteiger charge is 2.35. The van der Waals surface area contributed by atoms with Crippen molar-refractivity contribution >= 4 is 46.0 Å². The van der Waals surface area contributed by atoms with E-state index in [1.807, 2.05) is 0 Å². The first-order chi connectivity index (χ1) is 14.2. The van der Waals surface area contributed by atoms with Crippen LogP contribution in [0.25, 0.3) is 11.4 Å². The minimum atomic E-state index is -3.20. The summed E-state index contributed by atoms with van der Waals surface area (Å²) in [6.07, 6.45) is 0. The highest BCUT2D eigenvalue weighted by Crippen LogP contribution is 2.37. The molecule has 0 aliphatic carbocycles. The molecule has 2 aromatic heterocycles. The number of esters is 1. The maximum atomic E-state index is 14.5. The number of hydrogen-bond acceptors (Lipinski definition) is 7. The first kappa shape index (κ1) is 25.3. The van der Waals surface area contributed by atoms with Gasteiger partial charge in [-0.2, -0.15) is 13.9 Å². The number of aromatic nitrogens is 3. The number of nitrogens with zero attached hydrogens (tertiary/aromatic N) is 3. The molecule has 0 aromatic carbocycles. The topological polar surface area (TPSA) is 83.3 Å². The van der Waals surface area contributed by atoms with Gasteiger partial charge in [0.2, 0.25) is 11.0 Å². The van der Waals surface area contributed by atoms with Gasteiger partial charge in [-0.15, -0.1) is 0 Å². The lowest BCUT2D eigenvalue weighted by atomic mass is 10.1. The number of pyridine rings is 1. The van der Waals surface area contributed by atoms with Crippen LogP contribution < -0.4 is 4.74 Å². The summed E-state index contributed by atoms with van der Waals surface area (Å²) in [6.45, 7) is 3.19. The Labute approximate surface area is 190 Å². The lowest BCUT2D eigenvalue weighted by molar-refractivity contribution is -0.125. The number of aryl methyl sites for hydroxylation is 1. The first-order valence-corrected chi connectivity index (χ1v) is 10.4. The van der Waals surface area contributed by atoms with Crippen LogP contribution in [-0.4, -0.2) is 43.3 Å². The van der Waals surface area contributed by atoms with Gasteiger partial charge in [0.25, 0.3) is 0 Å². The minimum Gasteiger partial charge on any atom is -0.446 e. The second-order valence-electron chi connectivity index (χ2n) is 6.97. The van der Waals surface area contributed by atoms with Gasteiger partial charge in [-0.05, 0) is 19.9 Å². The Morgan fingerprint density at radius 2 is 1.84 bits per heavy atom. The van der Waals surface area contributed by atoms with Crippen LogP contribution in [-0.2, 0) is 16.6 Å². The third-order valence-electron chi connectivity index (χ3n) is 3.67. The molecule has 0 saturated heterocycles. The number of halogens is 5. The summed E-state index contributed by atoms with van der Waals surface area (Å²) in [5.74, 6) is -2.63. The molecule has 0 N–H and O–H groups in total. The second-order valence-corrected chi connectivity index (χ2v) is 9.31. The van der Waals surface area contributed by atoms with Crippen molar-refractivity contribution in [1.29, 1.82) is 0 Å². The molecule has 0 spiro atoms. The molecule has 0 amide bonds. The quantitative estimate of drug-likeness (QED) is 0.488. The zero-order valence-electron chi connectivity index (χ0n) is 17.0. The summed E-state index contributed by atoms with van der Waals surface area (Å²) >= 11 is 12.9. The average Bonchev–Trinajstić information content (AvgIpc) is 2.88. The molecule has 31 heavy (non-hydrogen) atoms. The Balaban J connectivity index is 2.44. The Hall–Kier alpha value is -1.98. The van der Waals surface area contributed by atoms with Crippen LogP contribution in [0, 0.1) is 5.82 Å². The lowest BCUT2D eigenvalue weighted by Crippen LogP contribution is -2.36. The van der Waals surface area contributed by atoms with Crippen molar-refractivity contribution < 1.29 is 32.2 Å². The zero-order chi connectivity index (χ0) is 23.7. The molecule has 170 valence electrons. The number of carbonyl (C=O) groups excluding carboxylic acids is 2. The van der Waals surface area contributed by atoms with Crippen molar-refractivity contribution in [2.75, 3.05) is 0 Å². The molecular weight excluding hydrogens is 482 g/mol. The van der Waals surface area contributed by atoms with Crippen LogP contribution in [0.5, 0.6) is 5.88 Å². The summed E-state index contributed by atoms with van der Waals surface area (Å²) in [5, 5.41) is 2.55. The number of carbonyl (C=O) groups is 2. The van der Waals surface area contributed by atoms with Crippen molar-refractivity contribution in [3.8, 4) is 17.3 Å². The van der Waals surface area contributed by atoms with Gasteiger partial charge in [-0.3, -0.25) is 4.79 Å². The Morgan fingerprint density at radius 3 is 2.39 bits per heavy atom. The summed E-state index contributed by atoms with van der Waals surface area (Å²) in [5.41, 5.74) is -2.92. The molecule has 0 aliphatic heterocycles. The van der Waals surface area contributed by atoms with Crippen LogP contribution in [0.1, 0.15) is 38.2 Å². The maximum absolute atomic E-state index is 14.5. The van der Waals surface area contributed by atoms with E-state index in [9.17, 15) is 22.8 Å². The number of thioether (sulfide) groups is 1. The molecular formula is C18H18Cl2F3N3O4S. The van der Waals surface area contributed by atoms with Crippen LogP contribution in [0.3, 0.4) is 0 Å². The number of hydrogen-bond donors (Lipinski definition) is 0. The largest absolute Gasteiger partial charge is 0.446 e. The number of ether oxygens (including phenoxy) is 2. The van der Waals surface area contributed by atoms with Gasteiger partial charge in [0.1, 0.15) is 16.4 Å². The summed E-state index contributed by atoms with van der Waals surface area (Å²) < 4.78 is 50.1. The molecule has 0 aliphatic rings. The Bertz CT molecular complexity index is 1020. The second kappa shape index (κ2) is 9.66. The standard InChI is InChI=1S/C18H18Cl2F3N3O4S/c1-7(2)31-16(28)18(3,4)30-15(27)11-8(19)6-9(21)12(24-11)13-10(20)14(26(5)25-13)29-17(22)23/h6-7,17H,1-5H3. The minimum absolute atomic E-state index is 0.0411. The third kappa shape index (κ3) is 5.83. The smallest absolute Gasteiger partial charge is 0.388 e. The molecule has 0 radical (unpaired) electrons. The normalized spacial score (nSPS) is 11.9. The predicted molar refractivity (Wildman–Crippen MR) is 110 cm³/mol. The highest BCUT2D eigenvalue weighted by molar-refractivity contribution is 8.14. The van der Waals surface area contributed by atoms with Crippen LogP contribution in [0.15, 0.2) is 6.07 Å². The molecule has 0 atom stereocenters. The molecule has 0 fully saturated rings. The molecule has 13 heteroatoms. The molecule has 0 saturated carbocycles. The fraction of sp³-hybridized carbons (Fsp3) is 0.444. The fourth-order valence-electron chi connectivity index (χ4n) is 2.30. The van der Waals surface area contributed by atoms with Crippen LogP contribution >= 0.6 is 35.0 Å². The van der Waals surface area contributed by atoms with E-state index in [4.69, 9.17) is 27.9 Å². The Kier molecular flexibility index (Phi) is 7.88. The van der Waals surface area contributed by atoms with Crippen LogP contribution in [0.2, 0.25) is 10.0 Å². The average molecular weight is 500 g/mol. The SMILES string of the molecule is CC(C)SC(=O)C(C)(C)OC(=O)c1nc(-c2nn(C)c(OC(F)F)c2Cl)c(F)cc1Cl. The number of rotatable bonds is 7. The van der Waals surface area contributed by atoms with E-state index >= 15 is 0 Å². The first-order valence-electron chi connectivity index (χ1n) is 8.72. The molecule has 0 bridgehead atoms. The van der Waals surface area contributed by atoms with E-state index in [1.54, 1.807) is 13.8 Å². The molecule has 0 unspecified atom stereocenters. The highest BCUT2D eigenvalue weighted by atomic mass is 35.5. The van der Waals surface area contributed by atoms with E-state index in [1.165, 1.54) is 20.9 Å². The Morgan fingerprint density at radius 1 is 1.23 bits per heavy atom. The summed E-state index contributed by atoms with van der Waals surface area (Å²) in [4.78, 5) is 28.8. The van der Waals surface area contributed by atoms with E-state index in [0.717, 1.165) is 22.5 Å². The molecule has 2 rings (SSSR count). The number of alkyl halides is 2. The summed E-state index contributed by atoms with van der Waals surface area (Å²) in [6, 6.07) is 0.775. The zero-order valence-corrected chi connectivity index (χ0v) is 19.3. The van der Waals surface area contributed by atoms with Crippen molar-refractivity contribution in [3.63, 3.8) is 0 Å². The van der Waals surface area contributed by atoms with Gasteiger partial charge >= 0.3 is 12.6 Å². The van der Waals surface area contributed by atoms with Crippen LogP contribution in [0.4, 0.5) is 13.2 Å². The maximum Gasteiger partial charge on any atom is 0.388 e. The fourth-order valence-corrected chi connectivity index (χ4v) is 3.56. The van der Waals surface area contributed by atoms with Gasteiger partial charge in [-0.25, -0.2) is 18.9 Å². The van der Waals surface area contributed by atoms with E-state index < -0.39 is 51.4 Å². The van der Waals surface area contributed by atoms with Gasteiger partial charge in [-0.1, -0.05) is 48.8 Å². The van der Waals surface area contributed by atoms with Gasteiger partial charge < -0.3 is 9.47 Å². The molecule has 2 heterocycles. The summed E-state index contributed by atoms with van der Waals surface area (Å²) in [7, 11) is 1.25. The lowest BCUT2D eigenvalue weighted by Gasteiger charge is -2.24. The third-order valence-corrected chi connectivity index (χ3v) is 5.48. The van der Waals surface area contributed by atoms with Crippen molar-refractivity contribution in [2.45, 2.75) is 45.2 Å².